The Hall–Kier alpha value is -0.511. The zero-order valence-electron chi connectivity index (χ0n) is 10.6. The number of anilines is 1. The Bertz CT molecular complexity index is 535. The molecule has 1 saturated heterocycles. The summed E-state index contributed by atoms with van der Waals surface area (Å²) < 4.78 is 8.96. The molecule has 0 amide bonds. The van der Waals surface area contributed by atoms with Gasteiger partial charge >= 0.3 is 118 Å². The second-order valence-electron chi connectivity index (χ2n) is 5.66. The quantitative estimate of drug-likeness (QED) is 0.848. The van der Waals surface area contributed by atoms with Gasteiger partial charge in [-0.05, 0) is 0 Å². The summed E-state index contributed by atoms with van der Waals surface area (Å²) in [5.41, 5.74) is 3.73. The summed E-state index contributed by atoms with van der Waals surface area (Å²) in [5.74, 6) is 2.45. The fourth-order valence-electron chi connectivity index (χ4n) is 2.50. The summed E-state index contributed by atoms with van der Waals surface area (Å²) in [5, 5.41) is 3.67. The van der Waals surface area contributed by atoms with Gasteiger partial charge in [-0.25, -0.2) is 0 Å². The predicted octanol–water partition coefficient (Wildman–Crippen LogP) is 3.98. The van der Waals surface area contributed by atoms with Crippen molar-refractivity contribution in [1.82, 2.24) is 0 Å². The van der Waals surface area contributed by atoms with Crippen molar-refractivity contribution in [3.05, 3.63) is 18.2 Å². The Labute approximate surface area is 118 Å². The Morgan fingerprint density at radius 1 is 1.39 bits per heavy atom. The first-order valence-electron chi connectivity index (χ1n) is 6.20. The molecule has 0 aromatic heterocycles. The maximum atomic E-state index is 4.53. The predicted molar refractivity (Wildman–Crippen MR) is 79.5 cm³/mol. The van der Waals surface area contributed by atoms with Gasteiger partial charge in [-0.15, -0.1) is 0 Å². The van der Waals surface area contributed by atoms with E-state index >= 15 is 0 Å². The molecule has 1 aromatic carbocycles. The van der Waals surface area contributed by atoms with Crippen LogP contribution >= 0.6 is 11.8 Å². The van der Waals surface area contributed by atoms with E-state index < -0.39 is 0 Å². The summed E-state index contributed by atoms with van der Waals surface area (Å²) in [7, 11) is 0. The number of thioether (sulfide) groups is 1. The van der Waals surface area contributed by atoms with Crippen molar-refractivity contribution in [2.24, 2.45) is 13.3 Å². The van der Waals surface area contributed by atoms with Gasteiger partial charge in [-0.3, -0.25) is 0 Å². The van der Waals surface area contributed by atoms with E-state index in [1.54, 1.807) is 0 Å². The Kier molecular flexibility index (Phi) is 3.39. The number of benzene rings is 1. The van der Waals surface area contributed by atoms with E-state index in [0.29, 0.717) is 11.5 Å². The Morgan fingerprint density at radius 3 is 3.11 bits per heavy atom. The maximum absolute atomic E-state index is 4.53. The van der Waals surface area contributed by atoms with Gasteiger partial charge in [0.05, 0.1) is 0 Å². The van der Waals surface area contributed by atoms with E-state index in [9.17, 15) is 0 Å². The molecule has 5 heteroatoms. The third-order valence-corrected chi connectivity index (χ3v) is 6.02. The summed E-state index contributed by atoms with van der Waals surface area (Å²) in [6, 6.07) is 6.81. The van der Waals surface area contributed by atoms with Gasteiger partial charge < -0.3 is 0 Å². The van der Waals surface area contributed by atoms with Crippen LogP contribution < -0.4 is 5.32 Å². The minimum absolute atomic E-state index is 0.0563. The molecule has 1 unspecified atom stereocenters. The number of rotatable bonds is 2. The van der Waals surface area contributed by atoms with E-state index in [4.69, 9.17) is 0 Å². The number of fused-ring (bicyclic) bond motifs is 1. The van der Waals surface area contributed by atoms with Gasteiger partial charge in [-0.2, -0.15) is 0 Å². The molecular formula is C13H17N3SSe. The van der Waals surface area contributed by atoms with Crippen LogP contribution in [0.4, 0.5) is 17.1 Å². The monoisotopic (exact) mass is 327 g/mol. The van der Waals surface area contributed by atoms with Crippen molar-refractivity contribution < 1.29 is 0 Å². The van der Waals surface area contributed by atoms with Crippen LogP contribution in [0, 0.1) is 5.41 Å². The fourth-order valence-corrected chi connectivity index (χ4v) is 4.92. The Morgan fingerprint density at radius 2 is 2.28 bits per heavy atom. The van der Waals surface area contributed by atoms with Gasteiger partial charge in [0, 0.05) is 0 Å². The summed E-state index contributed by atoms with van der Waals surface area (Å²) >= 11 is 2.11. The van der Waals surface area contributed by atoms with Crippen molar-refractivity contribution >= 4 is 43.4 Å². The zero-order chi connectivity index (χ0) is 12.6. The van der Waals surface area contributed by atoms with E-state index in [0.717, 1.165) is 11.4 Å². The van der Waals surface area contributed by atoms with Crippen LogP contribution in [-0.2, 0) is 0 Å². The van der Waals surface area contributed by atoms with E-state index in [2.05, 4.69) is 45.3 Å². The molecule has 96 valence electrons. The molecule has 18 heavy (non-hydrogen) atoms. The molecule has 2 aliphatic rings. The standard InChI is InChI=1S/C13H17N3SSe/c1-13(2)6-9(7-17-8-13)14-10-4-3-5-11-12(10)16-18-15-11/h3-5,9,14H,6-8H2,1-2H3. The number of nitrogens with one attached hydrogen (secondary N) is 1. The van der Waals surface area contributed by atoms with E-state index in [1.165, 1.54) is 23.6 Å². The van der Waals surface area contributed by atoms with Crippen LogP contribution in [-0.4, -0.2) is 32.1 Å². The molecule has 1 fully saturated rings. The van der Waals surface area contributed by atoms with Crippen molar-refractivity contribution in [2.75, 3.05) is 16.8 Å². The summed E-state index contributed by atoms with van der Waals surface area (Å²) in [6.07, 6.45) is 1.23. The third-order valence-electron chi connectivity index (χ3n) is 3.26. The number of nitrogens with zero attached hydrogens (tertiary/aromatic N) is 2. The van der Waals surface area contributed by atoms with Gasteiger partial charge in [0.1, 0.15) is 0 Å². The molecule has 0 saturated carbocycles. The molecule has 0 aliphatic carbocycles. The minimum atomic E-state index is 0.0563. The average Bonchev–Trinajstić information content (AvgIpc) is 2.77. The number of hydrogen-bond donors (Lipinski definition) is 1. The van der Waals surface area contributed by atoms with Gasteiger partial charge in [0.2, 0.25) is 0 Å². The fraction of sp³-hybridized carbons (Fsp3) is 0.538. The Balaban J connectivity index is 1.78. The molecule has 0 bridgehead atoms. The topological polar surface area (TPSA) is 36.8 Å². The number of hydrogen-bond acceptors (Lipinski definition) is 4. The van der Waals surface area contributed by atoms with Gasteiger partial charge in [0.15, 0.2) is 0 Å². The summed E-state index contributed by atoms with van der Waals surface area (Å²) in [6.45, 7) is 4.71. The summed E-state index contributed by atoms with van der Waals surface area (Å²) in [4.78, 5) is 0. The zero-order valence-corrected chi connectivity index (χ0v) is 13.2. The first kappa shape index (κ1) is 12.5. The molecule has 0 radical (unpaired) electrons. The second-order valence-corrected chi connectivity index (χ2v) is 7.80. The third kappa shape index (κ3) is 2.58. The van der Waals surface area contributed by atoms with Crippen LogP contribution in [0.15, 0.2) is 26.1 Å². The molecule has 2 aliphatic heterocycles. The molecule has 1 N–H and O–H groups in total. The SMILES string of the molecule is CC1(C)CSCC(Nc2cccc3c2N=[Se]=N3)C1. The molecule has 1 atom stereocenters. The molecule has 2 heterocycles. The van der Waals surface area contributed by atoms with Gasteiger partial charge in [-0.1, -0.05) is 0 Å². The normalized spacial score (nSPS) is 24.4. The first-order chi connectivity index (χ1) is 8.64. The van der Waals surface area contributed by atoms with Gasteiger partial charge in [0.25, 0.3) is 0 Å². The van der Waals surface area contributed by atoms with Crippen molar-refractivity contribution in [1.29, 1.82) is 0 Å². The van der Waals surface area contributed by atoms with Crippen LogP contribution in [0.3, 0.4) is 0 Å². The molecule has 0 spiro atoms. The molecule has 3 nitrogen and oxygen atoms in total. The average molecular weight is 326 g/mol. The molecule has 3 rings (SSSR count). The molecule has 1 aromatic rings. The van der Waals surface area contributed by atoms with Crippen LogP contribution in [0.1, 0.15) is 20.3 Å². The first-order valence-corrected chi connectivity index (χ1v) is 8.88. The van der Waals surface area contributed by atoms with Crippen molar-refractivity contribution in [3.8, 4) is 0 Å². The van der Waals surface area contributed by atoms with Crippen LogP contribution in [0.2, 0.25) is 0 Å². The van der Waals surface area contributed by atoms with Crippen molar-refractivity contribution in [2.45, 2.75) is 26.3 Å². The van der Waals surface area contributed by atoms with Crippen LogP contribution in [0.5, 0.6) is 0 Å². The van der Waals surface area contributed by atoms with E-state index in [1.807, 2.05) is 11.8 Å². The molecular weight excluding hydrogens is 309 g/mol. The van der Waals surface area contributed by atoms with Crippen molar-refractivity contribution in [3.63, 3.8) is 0 Å². The van der Waals surface area contributed by atoms with E-state index in [-0.39, 0.29) is 14.6 Å². The second kappa shape index (κ2) is 4.87. The van der Waals surface area contributed by atoms with Crippen LogP contribution in [0.25, 0.3) is 0 Å².